The molecule has 1 saturated heterocycles. The van der Waals surface area contributed by atoms with Gasteiger partial charge in [0.1, 0.15) is 0 Å². The second-order valence-electron chi connectivity index (χ2n) is 6.87. The van der Waals surface area contributed by atoms with Crippen molar-refractivity contribution in [2.24, 2.45) is 0 Å². The molecule has 4 nitrogen and oxygen atoms in total. The highest BCUT2D eigenvalue weighted by molar-refractivity contribution is 5.94. The van der Waals surface area contributed by atoms with Crippen LogP contribution < -0.4 is 10.2 Å². The molecule has 1 N–H and O–H groups in total. The maximum Gasteiger partial charge on any atom is 0.225 e. The van der Waals surface area contributed by atoms with E-state index in [1.54, 1.807) is 0 Å². The van der Waals surface area contributed by atoms with Gasteiger partial charge in [-0.3, -0.25) is 4.79 Å². The van der Waals surface area contributed by atoms with E-state index in [4.69, 9.17) is 0 Å². The van der Waals surface area contributed by atoms with Gasteiger partial charge in [-0.05, 0) is 30.7 Å². The minimum atomic E-state index is 0.0675. The maximum absolute atomic E-state index is 12.5. The lowest BCUT2D eigenvalue weighted by molar-refractivity contribution is -0.116. The molecule has 1 fully saturated rings. The van der Waals surface area contributed by atoms with Crippen LogP contribution in [0.25, 0.3) is 0 Å². The van der Waals surface area contributed by atoms with E-state index in [1.165, 1.54) is 5.56 Å². The molecule has 1 atom stereocenters. The molecule has 2 aromatic rings. The van der Waals surface area contributed by atoms with Crippen molar-refractivity contribution in [2.75, 3.05) is 43.4 Å². The van der Waals surface area contributed by atoms with E-state index in [0.29, 0.717) is 6.42 Å². The second kappa shape index (κ2) is 8.17. The molecule has 25 heavy (non-hydrogen) atoms. The lowest BCUT2D eigenvalue weighted by Crippen LogP contribution is -2.44. The van der Waals surface area contributed by atoms with E-state index in [0.717, 1.165) is 37.6 Å². The lowest BCUT2D eigenvalue weighted by Gasteiger charge is -2.35. The van der Waals surface area contributed by atoms with Gasteiger partial charge in [-0.2, -0.15) is 0 Å². The third-order valence-electron chi connectivity index (χ3n) is 4.88. The summed E-state index contributed by atoms with van der Waals surface area (Å²) < 4.78 is 0. The number of hydrogen-bond donors (Lipinski definition) is 1. The van der Waals surface area contributed by atoms with Gasteiger partial charge in [0.05, 0.1) is 11.4 Å². The van der Waals surface area contributed by atoms with Gasteiger partial charge in [0.15, 0.2) is 0 Å². The number of piperazine rings is 1. The summed E-state index contributed by atoms with van der Waals surface area (Å²) in [5.74, 6) is 0.273. The number of para-hydroxylation sites is 2. The maximum atomic E-state index is 12.5. The van der Waals surface area contributed by atoms with Gasteiger partial charge >= 0.3 is 0 Å². The highest BCUT2D eigenvalue weighted by atomic mass is 16.1. The van der Waals surface area contributed by atoms with Crippen molar-refractivity contribution in [3.63, 3.8) is 0 Å². The highest BCUT2D eigenvalue weighted by Crippen LogP contribution is 2.27. The number of amides is 1. The molecule has 1 aliphatic rings. The van der Waals surface area contributed by atoms with Crippen molar-refractivity contribution in [3.8, 4) is 0 Å². The van der Waals surface area contributed by atoms with E-state index >= 15 is 0 Å². The molecule has 0 radical (unpaired) electrons. The van der Waals surface area contributed by atoms with Crippen molar-refractivity contribution in [3.05, 3.63) is 60.2 Å². The Kier molecular flexibility index (Phi) is 5.71. The summed E-state index contributed by atoms with van der Waals surface area (Å²) in [4.78, 5) is 17.2. The molecule has 132 valence electrons. The first-order chi connectivity index (χ1) is 12.1. The quantitative estimate of drug-likeness (QED) is 0.906. The molecule has 0 spiro atoms. The highest BCUT2D eigenvalue weighted by Gasteiger charge is 2.18. The molecule has 0 saturated carbocycles. The third-order valence-corrected chi connectivity index (χ3v) is 4.88. The van der Waals surface area contributed by atoms with E-state index in [1.807, 2.05) is 36.4 Å². The molecule has 4 heteroatoms. The largest absolute Gasteiger partial charge is 0.367 e. The number of likely N-dealkylation sites (N-methyl/N-ethyl adjacent to an activating group) is 1. The van der Waals surface area contributed by atoms with E-state index in [9.17, 15) is 4.79 Å². The van der Waals surface area contributed by atoms with Crippen LogP contribution in [-0.4, -0.2) is 44.0 Å². The summed E-state index contributed by atoms with van der Waals surface area (Å²) in [6.07, 6.45) is 0.487. The Morgan fingerprint density at radius 2 is 1.64 bits per heavy atom. The van der Waals surface area contributed by atoms with Crippen LogP contribution in [0.2, 0.25) is 0 Å². The van der Waals surface area contributed by atoms with Crippen molar-refractivity contribution < 1.29 is 4.79 Å². The average Bonchev–Trinajstić information content (AvgIpc) is 2.63. The van der Waals surface area contributed by atoms with Gasteiger partial charge in [0.25, 0.3) is 0 Å². The summed E-state index contributed by atoms with van der Waals surface area (Å²) >= 11 is 0. The van der Waals surface area contributed by atoms with Crippen molar-refractivity contribution in [1.82, 2.24) is 4.90 Å². The van der Waals surface area contributed by atoms with Gasteiger partial charge in [0.2, 0.25) is 5.91 Å². The molecule has 1 unspecified atom stereocenters. The zero-order valence-corrected chi connectivity index (χ0v) is 15.1. The van der Waals surface area contributed by atoms with E-state index in [-0.39, 0.29) is 11.8 Å². The van der Waals surface area contributed by atoms with Crippen LogP contribution in [0.15, 0.2) is 54.6 Å². The fourth-order valence-corrected chi connectivity index (χ4v) is 3.28. The minimum Gasteiger partial charge on any atom is -0.367 e. The second-order valence-corrected chi connectivity index (χ2v) is 6.87. The molecule has 3 rings (SSSR count). The van der Waals surface area contributed by atoms with Crippen molar-refractivity contribution >= 4 is 17.3 Å². The van der Waals surface area contributed by atoms with Gasteiger partial charge < -0.3 is 15.1 Å². The topological polar surface area (TPSA) is 35.6 Å². The molecule has 2 aromatic carbocycles. The fourth-order valence-electron chi connectivity index (χ4n) is 3.28. The molecule has 1 aliphatic heterocycles. The SMILES string of the molecule is CC(CC(=O)Nc1ccccc1N1CCN(C)CC1)c1ccccc1. The number of hydrogen-bond acceptors (Lipinski definition) is 3. The first kappa shape index (κ1) is 17.5. The third kappa shape index (κ3) is 4.60. The normalized spacial score (nSPS) is 16.5. The summed E-state index contributed by atoms with van der Waals surface area (Å²) in [5, 5.41) is 3.13. The Labute approximate surface area is 150 Å². The van der Waals surface area contributed by atoms with E-state index in [2.05, 4.69) is 47.3 Å². The minimum absolute atomic E-state index is 0.0675. The fraction of sp³-hybridized carbons (Fsp3) is 0.381. The monoisotopic (exact) mass is 337 g/mol. The molecular weight excluding hydrogens is 310 g/mol. The van der Waals surface area contributed by atoms with Gasteiger partial charge in [-0.1, -0.05) is 49.4 Å². The zero-order chi connectivity index (χ0) is 17.6. The smallest absolute Gasteiger partial charge is 0.225 e. The van der Waals surface area contributed by atoms with Gasteiger partial charge in [0, 0.05) is 32.6 Å². The van der Waals surface area contributed by atoms with Gasteiger partial charge in [-0.15, -0.1) is 0 Å². The Balaban J connectivity index is 1.65. The molecular formula is C21H27N3O. The summed E-state index contributed by atoms with van der Waals surface area (Å²) in [6.45, 7) is 6.18. The Morgan fingerprint density at radius 1 is 1.00 bits per heavy atom. The van der Waals surface area contributed by atoms with Crippen LogP contribution in [0.4, 0.5) is 11.4 Å². The number of nitrogens with one attached hydrogen (secondary N) is 1. The van der Waals surface area contributed by atoms with E-state index < -0.39 is 0 Å². The van der Waals surface area contributed by atoms with Crippen LogP contribution in [0.3, 0.4) is 0 Å². The molecule has 0 bridgehead atoms. The Morgan fingerprint density at radius 3 is 2.36 bits per heavy atom. The average molecular weight is 337 g/mol. The van der Waals surface area contributed by atoms with Crippen LogP contribution >= 0.6 is 0 Å². The van der Waals surface area contributed by atoms with Crippen LogP contribution in [0.1, 0.15) is 24.8 Å². The van der Waals surface area contributed by atoms with Crippen LogP contribution in [-0.2, 0) is 4.79 Å². The Bertz CT molecular complexity index is 693. The van der Waals surface area contributed by atoms with Gasteiger partial charge in [-0.25, -0.2) is 0 Å². The lowest BCUT2D eigenvalue weighted by atomic mass is 9.97. The number of anilines is 2. The number of benzene rings is 2. The first-order valence-corrected chi connectivity index (χ1v) is 9.01. The first-order valence-electron chi connectivity index (χ1n) is 9.01. The summed E-state index contributed by atoms with van der Waals surface area (Å²) in [5.41, 5.74) is 3.23. The predicted molar refractivity (Wildman–Crippen MR) is 104 cm³/mol. The number of carbonyl (C=O) groups excluding carboxylic acids is 1. The number of carbonyl (C=O) groups is 1. The van der Waals surface area contributed by atoms with Crippen LogP contribution in [0, 0.1) is 0 Å². The molecule has 1 amide bonds. The number of nitrogens with zero attached hydrogens (tertiary/aromatic N) is 2. The summed E-state index contributed by atoms with van der Waals surface area (Å²) in [7, 11) is 2.15. The van der Waals surface area contributed by atoms with Crippen LogP contribution in [0.5, 0.6) is 0 Å². The number of rotatable bonds is 5. The standard InChI is InChI=1S/C21H27N3O/c1-17(18-8-4-3-5-9-18)16-21(25)22-19-10-6-7-11-20(19)24-14-12-23(2)13-15-24/h3-11,17H,12-16H2,1-2H3,(H,22,25). The zero-order valence-electron chi connectivity index (χ0n) is 15.1. The van der Waals surface area contributed by atoms with Crippen molar-refractivity contribution in [1.29, 1.82) is 0 Å². The molecule has 0 aromatic heterocycles. The predicted octanol–water partition coefficient (Wildman–Crippen LogP) is 3.57. The van der Waals surface area contributed by atoms with Crippen molar-refractivity contribution in [2.45, 2.75) is 19.3 Å². The summed E-state index contributed by atoms with van der Waals surface area (Å²) in [6, 6.07) is 18.3. The molecule has 1 heterocycles. The Hall–Kier alpha value is -2.33. The molecule has 0 aliphatic carbocycles.